The van der Waals surface area contributed by atoms with E-state index in [4.69, 9.17) is 0 Å². The predicted octanol–water partition coefficient (Wildman–Crippen LogP) is 3.75. The van der Waals surface area contributed by atoms with Crippen molar-refractivity contribution in [3.05, 3.63) is 35.6 Å². The molecule has 1 saturated carbocycles. The maximum atomic E-state index is 13.8. The molecule has 1 saturated heterocycles. The van der Waals surface area contributed by atoms with E-state index in [-0.39, 0.29) is 18.3 Å². The third kappa shape index (κ3) is 5.69. The van der Waals surface area contributed by atoms with Crippen molar-refractivity contribution in [3.63, 3.8) is 0 Å². The number of amides is 1. The summed E-state index contributed by atoms with van der Waals surface area (Å²) in [5.74, 6) is -0.243. The van der Waals surface area contributed by atoms with Crippen LogP contribution in [0.25, 0.3) is 0 Å². The van der Waals surface area contributed by atoms with E-state index in [1.807, 2.05) is 11.0 Å². The summed E-state index contributed by atoms with van der Waals surface area (Å²) in [5.41, 5.74) is 0.139. The summed E-state index contributed by atoms with van der Waals surface area (Å²) in [6, 6.07) is 6.40. The van der Waals surface area contributed by atoms with E-state index in [0.717, 1.165) is 31.2 Å². The molecule has 1 aliphatic heterocycles. The van der Waals surface area contributed by atoms with Gasteiger partial charge in [-0.3, -0.25) is 9.69 Å². The Morgan fingerprint density at radius 1 is 1.10 bits per heavy atom. The fraction of sp³-hybridized carbons (Fsp3) is 0.667. The van der Waals surface area contributed by atoms with Gasteiger partial charge in [0.25, 0.3) is 0 Å². The summed E-state index contributed by atoms with van der Waals surface area (Å²) in [7, 11) is 0. The van der Waals surface area contributed by atoms with Crippen molar-refractivity contribution >= 4 is 5.91 Å². The first-order valence-electron chi connectivity index (χ1n) is 10.2. The molecular weight excluding hydrogens is 388 g/mol. The molecule has 0 spiro atoms. The molecule has 1 aromatic rings. The van der Waals surface area contributed by atoms with Gasteiger partial charge in [0.1, 0.15) is 12.4 Å². The fourth-order valence-corrected chi connectivity index (χ4v) is 4.45. The molecule has 1 aromatic carbocycles. The average molecular weight is 416 g/mol. The molecule has 0 aromatic heterocycles. The van der Waals surface area contributed by atoms with Crippen LogP contribution in [-0.4, -0.2) is 67.8 Å². The van der Waals surface area contributed by atoms with Gasteiger partial charge in [-0.1, -0.05) is 25.0 Å². The van der Waals surface area contributed by atoms with Gasteiger partial charge in [0.05, 0.1) is 5.41 Å². The van der Waals surface area contributed by atoms with Gasteiger partial charge >= 0.3 is 6.18 Å². The summed E-state index contributed by atoms with van der Waals surface area (Å²) in [4.78, 5) is 17.4. The van der Waals surface area contributed by atoms with E-state index in [2.05, 4.69) is 9.64 Å². The SMILES string of the molecule is O=C(N1CCN(CCCOCC(F)(F)F)CC1)C1(c2cccc(F)c2)CCCC1. The molecule has 3 rings (SSSR count). The van der Waals surface area contributed by atoms with Crippen LogP contribution in [0.5, 0.6) is 0 Å². The Hall–Kier alpha value is -1.67. The highest BCUT2D eigenvalue weighted by Crippen LogP contribution is 2.43. The summed E-state index contributed by atoms with van der Waals surface area (Å²) in [6.07, 6.45) is -0.362. The maximum absolute atomic E-state index is 13.8. The van der Waals surface area contributed by atoms with E-state index >= 15 is 0 Å². The first-order chi connectivity index (χ1) is 13.8. The number of nitrogens with zero attached hydrogens (tertiary/aromatic N) is 2. The lowest BCUT2D eigenvalue weighted by atomic mass is 9.77. The number of hydrogen-bond donors (Lipinski definition) is 0. The van der Waals surface area contributed by atoms with Crippen LogP contribution in [0.4, 0.5) is 17.6 Å². The standard InChI is InChI=1S/C21H28F4N2O2/c22-18-6-3-5-17(15-18)20(7-1-2-8-20)19(28)27-12-10-26(11-13-27)9-4-14-29-16-21(23,24)25/h3,5-6,15H,1-2,4,7-14,16H2. The number of halogens is 4. The molecule has 4 nitrogen and oxygen atoms in total. The number of benzene rings is 1. The van der Waals surface area contributed by atoms with E-state index in [1.54, 1.807) is 6.07 Å². The third-order valence-electron chi connectivity index (χ3n) is 5.93. The number of alkyl halides is 3. The Bertz CT molecular complexity index is 682. The summed E-state index contributed by atoms with van der Waals surface area (Å²) in [6.45, 7) is 2.04. The van der Waals surface area contributed by atoms with Crippen molar-refractivity contribution in [2.75, 3.05) is 45.9 Å². The fourth-order valence-electron chi connectivity index (χ4n) is 4.45. The molecule has 0 bridgehead atoms. The van der Waals surface area contributed by atoms with Crippen molar-refractivity contribution in [2.45, 2.75) is 43.7 Å². The molecule has 8 heteroatoms. The zero-order valence-electron chi connectivity index (χ0n) is 16.5. The third-order valence-corrected chi connectivity index (χ3v) is 5.93. The molecule has 0 atom stereocenters. The predicted molar refractivity (Wildman–Crippen MR) is 101 cm³/mol. The van der Waals surface area contributed by atoms with Gasteiger partial charge in [0.15, 0.2) is 0 Å². The minimum atomic E-state index is -4.29. The second-order valence-electron chi connectivity index (χ2n) is 7.95. The molecule has 0 N–H and O–H groups in total. The van der Waals surface area contributed by atoms with Gasteiger partial charge in [0, 0.05) is 39.3 Å². The van der Waals surface area contributed by atoms with Crippen molar-refractivity contribution in [3.8, 4) is 0 Å². The number of ether oxygens (including phenoxy) is 1. The zero-order chi connectivity index (χ0) is 20.9. The molecule has 1 aliphatic carbocycles. The second-order valence-corrected chi connectivity index (χ2v) is 7.95. The lowest BCUT2D eigenvalue weighted by Gasteiger charge is -2.40. The monoisotopic (exact) mass is 416 g/mol. The smallest absolute Gasteiger partial charge is 0.372 e. The number of carbonyl (C=O) groups excluding carboxylic acids is 1. The van der Waals surface area contributed by atoms with Crippen LogP contribution in [-0.2, 0) is 14.9 Å². The summed E-state index contributed by atoms with van der Waals surface area (Å²) in [5, 5.41) is 0. The molecule has 2 fully saturated rings. The Kier molecular flexibility index (Phi) is 7.16. The zero-order valence-corrected chi connectivity index (χ0v) is 16.5. The molecule has 0 unspecified atom stereocenters. The van der Waals surface area contributed by atoms with Gasteiger partial charge in [-0.25, -0.2) is 4.39 Å². The highest BCUT2D eigenvalue weighted by molar-refractivity contribution is 5.88. The van der Waals surface area contributed by atoms with E-state index in [0.29, 0.717) is 39.1 Å². The number of hydrogen-bond acceptors (Lipinski definition) is 3. The first-order valence-corrected chi connectivity index (χ1v) is 10.2. The molecule has 162 valence electrons. The van der Waals surface area contributed by atoms with Gasteiger partial charge < -0.3 is 9.64 Å². The number of carbonyl (C=O) groups is 1. The van der Waals surface area contributed by atoms with Gasteiger partial charge in [-0.2, -0.15) is 13.2 Å². The highest BCUT2D eigenvalue weighted by Gasteiger charge is 2.45. The van der Waals surface area contributed by atoms with Crippen molar-refractivity contribution in [1.29, 1.82) is 0 Å². The number of rotatable bonds is 7. The molecule has 1 heterocycles. The van der Waals surface area contributed by atoms with Crippen LogP contribution in [0.15, 0.2) is 24.3 Å². The topological polar surface area (TPSA) is 32.8 Å². The van der Waals surface area contributed by atoms with Crippen molar-refractivity contribution < 1.29 is 27.1 Å². The van der Waals surface area contributed by atoms with Crippen LogP contribution in [0.1, 0.15) is 37.7 Å². The number of piperazine rings is 1. The molecular formula is C21H28F4N2O2. The average Bonchev–Trinajstić information content (AvgIpc) is 3.18. The van der Waals surface area contributed by atoms with Gasteiger partial charge in [-0.05, 0) is 37.0 Å². The minimum absolute atomic E-state index is 0.0708. The molecule has 2 aliphatic rings. The maximum Gasteiger partial charge on any atom is 0.411 e. The largest absolute Gasteiger partial charge is 0.411 e. The summed E-state index contributed by atoms with van der Waals surface area (Å²) >= 11 is 0. The van der Waals surface area contributed by atoms with E-state index in [1.165, 1.54) is 12.1 Å². The molecule has 0 radical (unpaired) electrons. The normalized spacial score (nSPS) is 20.2. The van der Waals surface area contributed by atoms with E-state index in [9.17, 15) is 22.4 Å². The van der Waals surface area contributed by atoms with Crippen molar-refractivity contribution in [1.82, 2.24) is 9.80 Å². The Balaban J connectivity index is 1.50. The highest BCUT2D eigenvalue weighted by atomic mass is 19.4. The molecule has 1 amide bonds. The first kappa shape index (κ1) is 22.0. The Morgan fingerprint density at radius 3 is 2.41 bits per heavy atom. The Labute approximate surface area is 168 Å². The quantitative estimate of drug-likeness (QED) is 0.501. The summed E-state index contributed by atoms with van der Waals surface area (Å²) < 4.78 is 54.6. The van der Waals surface area contributed by atoms with Gasteiger partial charge in [-0.15, -0.1) is 0 Å². The van der Waals surface area contributed by atoms with Crippen LogP contribution in [0, 0.1) is 5.82 Å². The van der Waals surface area contributed by atoms with Crippen LogP contribution in [0.3, 0.4) is 0 Å². The second kappa shape index (κ2) is 9.43. The van der Waals surface area contributed by atoms with Crippen LogP contribution < -0.4 is 0 Å². The van der Waals surface area contributed by atoms with E-state index < -0.39 is 18.2 Å². The minimum Gasteiger partial charge on any atom is -0.372 e. The lowest BCUT2D eigenvalue weighted by molar-refractivity contribution is -0.174. The molecule has 29 heavy (non-hydrogen) atoms. The van der Waals surface area contributed by atoms with Crippen molar-refractivity contribution in [2.24, 2.45) is 0 Å². The Morgan fingerprint density at radius 2 is 1.79 bits per heavy atom. The lowest BCUT2D eigenvalue weighted by Crippen LogP contribution is -2.54. The van der Waals surface area contributed by atoms with Crippen LogP contribution >= 0.6 is 0 Å². The van der Waals surface area contributed by atoms with Crippen LogP contribution in [0.2, 0.25) is 0 Å². The van der Waals surface area contributed by atoms with Gasteiger partial charge in [0.2, 0.25) is 5.91 Å².